The number of hydrogen-bond donors (Lipinski definition) is 0. The van der Waals surface area contributed by atoms with E-state index in [1.54, 1.807) is 0 Å². The Bertz CT molecular complexity index is 204. The van der Waals surface area contributed by atoms with Gasteiger partial charge in [-0.2, -0.15) is 0 Å². The molecule has 3 nitrogen and oxygen atoms in total. The first-order chi connectivity index (χ1) is 7.79. The summed E-state index contributed by atoms with van der Waals surface area (Å²) in [7, 11) is 0. The molecule has 2 fully saturated rings. The second-order valence-corrected chi connectivity index (χ2v) is 4.97. The Kier molecular flexibility index (Phi) is 4.22. The quantitative estimate of drug-likeness (QED) is 0.736. The molecule has 0 aromatic carbocycles. The van der Waals surface area contributed by atoms with E-state index >= 15 is 0 Å². The lowest BCUT2D eigenvalue weighted by Crippen LogP contribution is -2.44. The molecule has 0 aromatic rings. The van der Waals surface area contributed by atoms with Crippen LogP contribution in [0, 0.1) is 0 Å². The molecule has 0 N–H and O–H groups in total. The van der Waals surface area contributed by atoms with Crippen LogP contribution in [-0.2, 0) is 9.47 Å². The second-order valence-electron chi connectivity index (χ2n) is 4.97. The zero-order valence-corrected chi connectivity index (χ0v) is 10.7. The van der Waals surface area contributed by atoms with E-state index in [0.717, 1.165) is 32.1 Å². The minimum absolute atomic E-state index is 0.192. The maximum Gasteiger partial charge on any atom is 0.168 e. The van der Waals surface area contributed by atoms with Crippen molar-refractivity contribution in [3.8, 4) is 0 Å². The van der Waals surface area contributed by atoms with E-state index in [0.29, 0.717) is 0 Å². The molecule has 3 heteroatoms. The summed E-state index contributed by atoms with van der Waals surface area (Å²) >= 11 is 0. The van der Waals surface area contributed by atoms with Crippen LogP contribution in [0.4, 0.5) is 0 Å². The summed E-state index contributed by atoms with van der Waals surface area (Å²) in [5.74, 6) is -0.192. The minimum Gasteiger partial charge on any atom is -0.348 e. The zero-order chi connectivity index (χ0) is 11.4. The monoisotopic (exact) mass is 227 g/mol. The summed E-state index contributed by atoms with van der Waals surface area (Å²) in [6.07, 6.45) is 5.87. The maximum absolute atomic E-state index is 5.76. The summed E-state index contributed by atoms with van der Waals surface area (Å²) < 4.78 is 11.5. The van der Waals surface area contributed by atoms with Gasteiger partial charge < -0.3 is 14.4 Å². The van der Waals surface area contributed by atoms with Crippen molar-refractivity contribution < 1.29 is 9.47 Å². The molecule has 0 unspecified atom stereocenters. The van der Waals surface area contributed by atoms with Gasteiger partial charge >= 0.3 is 0 Å². The topological polar surface area (TPSA) is 21.7 Å². The van der Waals surface area contributed by atoms with Crippen molar-refractivity contribution in [1.29, 1.82) is 0 Å². The fraction of sp³-hybridized carbons (Fsp3) is 1.00. The van der Waals surface area contributed by atoms with Gasteiger partial charge in [0.05, 0.1) is 13.2 Å². The molecule has 2 rings (SSSR count). The Balaban J connectivity index is 1.83. The third-order valence-corrected chi connectivity index (χ3v) is 3.96. The van der Waals surface area contributed by atoms with Crippen LogP contribution in [0.15, 0.2) is 0 Å². The average Bonchev–Trinajstić information content (AvgIpc) is 2.76. The van der Waals surface area contributed by atoms with Crippen LogP contribution in [0.2, 0.25) is 0 Å². The van der Waals surface area contributed by atoms with Gasteiger partial charge in [0.2, 0.25) is 0 Å². The molecule has 0 amide bonds. The predicted octanol–water partition coefficient (Wildman–Crippen LogP) is 2.40. The smallest absolute Gasteiger partial charge is 0.168 e. The Labute approximate surface area is 99.1 Å². The van der Waals surface area contributed by atoms with Gasteiger partial charge in [-0.25, -0.2) is 0 Å². The molecule has 0 aromatic heterocycles. The van der Waals surface area contributed by atoms with E-state index in [4.69, 9.17) is 9.47 Å². The number of ether oxygens (including phenoxy) is 2. The molecule has 1 saturated heterocycles. The summed E-state index contributed by atoms with van der Waals surface area (Å²) in [5.41, 5.74) is 0. The molecule has 0 radical (unpaired) electrons. The first-order valence-electron chi connectivity index (χ1n) is 6.81. The molecule has 1 aliphatic heterocycles. The highest BCUT2D eigenvalue weighted by Crippen LogP contribution is 2.37. The zero-order valence-electron chi connectivity index (χ0n) is 10.7. The molecule has 2 aliphatic rings. The van der Waals surface area contributed by atoms with Crippen LogP contribution >= 0.6 is 0 Å². The molecule has 1 spiro atoms. The van der Waals surface area contributed by atoms with E-state index in [9.17, 15) is 0 Å². The molecule has 0 bridgehead atoms. The van der Waals surface area contributed by atoms with Gasteiger partial charge in [-0.3, -0.25) is 0 Å². The van der Waals surface area contributed by atoms with Crippen LogP contribution in [0.25, 0.3) is 0 Å². The van der Waals surface area contributed by atoms with Crippen molar-refractivity contribution in [2.75, 3.05) is 26.3 Å². The highest BCUT2D eigenvalue weighted by atomic mass is 16.7. The number of nitrogens with zero attached hydrogens (tertiary/aromatic N) is 1. The first kappa shape index (κ1) is 12.3. The average molecular weight is 227 g/mol. The third-order valence-electron chi connectivity index (χ3n) is 3.96. The highest BCUT2D eigenvalue weighted by Gasteiger charge is 2.41. The molecule has 16 heavy (non-hydrogen) atoms. The van der Waals surface area contributed by atoms with Gasteiger partial charge in [-0.15, -0.1) is 0 Å². The van der Waals surface area contributed by atoms with E-state index in [2.05, 4.69) is 18.7 Å². The van der Waals surface area contributed by atoms with Crippen molar-refractivity contribution in [2.24, 2.45) is 0 Å². The van der Waals surface area contributed by atoms with Gasteiger partial charge in [0.25, 0.3) is 0 Å². The largest absolute Gasteiger partial charge is 0.348 e. The summed E-state index contributed by atoms with van der Waals surface area (Å²) in [5, 5.41) is 0. The second kappa shape index (κ2) is 5.48. The summed E-state index contributed by atoms with van der Waals surface area (Å²) in [6.45, 7) is 8.51. The lowest BCUT2D eigenvalue weighted by Gasteiger charge is -2.40. The van der Waals surface area contributed by atoms with Crippen LogP contribution < -0.4 is 0 Å². The highest BCUT2D eigenvalue weighted by molar-refractivity contribution is 4.86. The Morgan fingerprint density at radius 2 is 1.75 bits per heavy atom. The summed E-state index contributed by atoms with van der Waals surface area (Å²) in [4.78, 5) is 2.61. The molecular formula is C13H25NO2. The fourth-order valence-corrected chi connectivity index (χ4v) is 3.08. The Hall–Kier alpha value is -0.120. The van der Waals surface area contributed by atoms with Crippen LogP contribution in [-0.4, -0.2) is 43.0 Å². The molecule has 1 heterocycles. The van der Waals surface area contributed by atoms with Gasteiger partial charge in [0.1, 0.15) is 0 Å². The molecule has 1 saturated carbocycles. The van der Waals surface area contributed by atoms with Crippen molar-refractivity contribution >= 4 is 0 Å². The van der Waals surface area contributed by atoms with Crippen LogP contribution in [0.5, 0.6) is 0 Å². The Morgan fingerprint density at radius 1 is 1.12 bits per heavy atom. The fourth-order valence-electron chi connectivity index (χ4n) is 3.08. The summed E-state index contributed by atoms with van der Waals surface area (Å²) in [6, 6.07) is 0.753. The van der Waals surface area contributed by atoms with E-state index in [1.807, 2.05) is 0 Å². The lowest BCUT2D eigenvalue weighted by atomic mass is 9.89. The lowest BCUT2D eigenvalue weighted by molar-refractivity contribution is -0.183. The molecular weight excluding hydrogens is 202 g/mol. The normalized spacial score (nSPS) is 25.7. The van der Waals surface area contributed by atoms with E-state index < -0.39 is 0 Å². The number of hydrogen-bond acceptors (Lipinski definition) is 3. The maximum atomic E-state index is 5.76. The van der Waals surface area contributed by atoms with Crippen LogP contribution in [0.1, 0.15) is 46.0 Å². The van der Waals surface area contributed by atoms with Crippen molar-refractivity contribution in [2.45, 2.75) is 57.8 Å². The SMILES string of the molecule is CCCN(CC)C1CCC2(CC1)OCCO2. The first-order valence-corrected chi connectivity index (χ1v) is 6.81. The molecule has 1 aliphatic carbocycles. The van der Waals surface area contributed by atoms with Gasteiger partial charge in [0.15, 0.2) is 5.79 Å². The van der Waals surface area contributed by atoms with Crippen LogP contribution in [0.3, 0.4) is 0 Å². The third kappa shape index (κ3) is 2.58. The molecule has 94 valence electrons. The van der Waals surface area contributed by atoms with E-state index in [1.165, 1.54) is 32.4 Å². The van der Waals surface area contributed by atoms with Gasteiger partial charge in [-0.05, 0) is 32.4 Å². The van der Waals surface area contributed by atoms with E-state index in [-0.39, 0.29) is 5.79 Å². The Morgan fingerprint density at radius 3 is 2.25 bits per heavy atom. The molecule has 0 atom stereocenters. The minimum atomic E-state index is -0.192. The van der Waals surface area contributed by atoms with Crippen molar-refractivity contribution in [1.82, 2.24) is 4.90 Å². The standard InChI is InChI=1S/C13H25NO2/c1-3-9-14(4-2)12-5-7-13(8-6-12)15-10-11-16-13/h12H,3-11H2,1-2H3. The van der Waals surface area contributed by atoms with Gasteiger partial charge in [0, 0.05) is 18.9 Å². The predicted molar refractivity (Wildman–Crippen MR) is 64.4 cm³/mol. The van der Waals surface area contributed by atoms with Crippen molar-refractivity contribution in [3.63, 3.8) is 0 Å². The van der Waals surface area contributed by atoms with Gasteiger partial charge in [-0.1, -0.05) is 13.8 Å². The van der Waals surface area contributed by atoms with Crippen molar-refractivity contribution in [3.05, 3.63) is 0 Å². The number of rotatable bonds is 4.